The number of hydrogen-bond donors (Lipinski definition) is 1. The van der Waals surface area contributed by atoms with E-state index in [0.29, 0.717) is 6.54 Å². The van der Waals surface area contributed by atoms with Crippen LogP contribution in [0.2, 0.25) is 0 Å². The monoisotopic (exact) mass is 207 g/mol. The van der Waals surface area contributed by atoms with Crippen molar-refractivity contribution in [2.24, 2.45) is 12.8 Å². The second-order valence-electron chi connectivity index (χ2n) is 3.19. The molecule has 0 aliphatic rings. The largest absolute Gasteiger partial charge is 0.334 e. The first-order chi connectivity index (χ1) is 6.74. The average molecular weight is 207 g/mol. The summed E-state index contributed by atoms with van der Waals surface area (Å²) in [5, 5.41) is 2.06. The number of aryl methyl sites for hydroxylation is 1. The zero-order chi connectivity index (χ0) is 10.1. The standard InChI is InChI=1S/C10H13N3S/c1-7-12-10(8(6-11)13(7)2)9-4-3-5-14-9/h3-5H,6,11H2,1-2H3. The number of nitrogens with two attached hydrogens (primary N) is 1. The Kier molecular flexibility index (Phi) is 2.39. The third-order valence-corrected chi connectivity index (χ3v) is 3.26. The van der Waals surface area contributed by atoms with Crippen LogP contribution in [-0.4, -0.2) is 9.55 Å². The van der Waals surface area contributed by atoms with Gasteiger partial charge >= 0.3 is 0 Å². The quantitative estimate of drug-likeness (QED) is 0.817. The van der Waals surface area contributed by atoms with Crippen molar-refractivity contribution in [1.29, 1.82) is 0 Å². The van der Waals surface area contributed by atoms with Gasteiger partial charge in [0.2, 0.25) is 0 Å². The molecule has 2 heterocycles. The SMILES string of the molecule is Cc1nc(-c2cccs2)c(CN)n1C. The molecule has 0 aliphatic heterocycles. The normalized spacial score (nSPS) is 10.8. The smallest absolute Gasteiger partial charge is 0.106 e. The average Bonchev–Trinajstić information content (AvgIpc) is 2.76. The van der Waals surface area contributed by atoms with E-state index in [9.17, 15) is 0 Å². The lowest BCUT2D eigenvalue weighted by molar-refractivity contribution is 0.789. The van der Waals surface area contributed by atoms with E-state index >= 15 is 0 Å². The van der Waals surface area contributed by atoms with Gasteiger partial charge in [0, 0.05) is 13.6 Å². The molecule has 0 radical (unpaired) electrons. The third-order valence-electron chi connectivity index (χ3n) is 2.39. The number of nitrogens with zero attached hydrogens (tertiary/aromatic N) is 2. The van der Waals surface area contributed by atoms with Crippen molar-refractivity contribution < 1.29 is 0 Å². The van der Waals surface area contributed by atoms with Crippen molar-refractivity contribution in [3.8, 4) is 10.6 Å². The molecule has 14 heavy (non-hydrogen) atoms. The molecular weight excluding hydrogens is 194 g/mol. The Morgan fingerprint density at radius 1 is 1.57 bits per heavy atom. The van der Waals surface area contributed by atoms with Gasteiger partial charge in [-0.05, 0) is 18.4 Å². The van der Waals surface area contributed by atoms with Crippen LogP contribution in [0.3, 0.4) is 0 Å². The Bertz CT molecular complexity index is 428. The highest BCUT2D eigenvalue weighted by Crippen LogP contribution is 2.27. The van der Waals surface area contributed by atoms with Crippen molar-refractivity contribution in [2.75, 3.05) is 0 Å². The number of rotatable bonds is 2. The second kappa shape index (κ2) is 3.55. The number of thiophene rings is 1. The van der Waals surface area contributed by atoms with Gasteiger partial charge in [-0.25, -0.2) is 4.98 Å². The van der Waals surface area contributed by atoms with Crippen LogP contribution in [-0.2, 0) is 13.6 Å². The second-order valence-corrected chi connectivity index (χ2v) is 4.14. The molecule has 0 aromatic carbocycles. The molecule has 0 bridgehead atoms. The number of hydrogen-bond acceptors (Lipinski definition) is 3. The molecule has 0 unspecified atom stereocenters. The lowest BCUT2D eigenvalue weighted by Gasteiger charge is -2.01. The molecular formula is C10H13N3S. The highest BCUT2D eigenvalue weighted by molar-refractivity contribution is 7.13. The van der Waals surface area contributed by atoms with Gasteiger partial charge in [0.1, 0.15) is 11.5 Å². The molecule has 4 heteroatoms. The lowest BCUT2D eigenvalue weighted by atomic mass is 10.3. The molecule has 2 aromatic rings. The van der Waals surface area contributed by atoms with Crippen molar-refractivity contribution in [3.05, 3.63) is 29.0 Å². The van der Waals surface area contributed by atoms with Crippen LogP contribution >= 0.6 is 11.3 Å². The van der Waals surface area contributed by atoms with Gasteiger partial charge in [0.25, 0.3) is 0 Å². The molecule has 0 spiro atoms. The van der Waals surface area contributed by atoms with Crippen molar-refractivity contribution >= 4 is 11.3 Å². The molecule has 2 rings (SSSR count). The highest BCUT2D eigenvalue weighted by atomic mass is 32.1. The summed E-state index contributed by atoms with van der Waals surface area (Å²) in [4.78, 5) is 5.71. The summed E-state index contributed by atoms with van der Waals surface area (Å²) < 4.78 is 2.05. The first kappa shape index (κ1) is 9.43. The summed E-state index contributed by atoms with van der Waals surface area (Å²) in [7, 11) is 2.00. The summed E-state index contributed by atoms with van der Waals surface area (Å²) in [5.74, 6) is 1.01. The summed E-state index contributed by atoms with van der Waals surface area (Å²) in [6, 6.07) is 4.11. The predicted octanol–water partition coefficient (Wildman–Crippen LogP) is 1.92. The van der Waals surface area contributed by atoms with E-state index in [1.165, 1.54) is 4.88 Å². The maximum atomic E-state index is 5.71. The van der Waals surface area contributed by atoms with E-state index in [2.05, 4.69) is 21.0 Å². The minimum absolute atomic E-state index is 0.532. The predicted molar refractivity (Wildman–Crippen MR) is 59.1 cm³/mol. The topological polar surface area (TPSA) is 43.8 Å². The van der Waals surface area contributed by atoms with E-state index in [4.69, 9.17) is 5.73 Å². The van der Waals surface area contributed by atoms with Crippen LogP contribution in [0.5, 0.6) is 0 Å². The van der Waals surface area contributed by atoms with Gasteiger partial charge in [0.15, 0.2) is 0 Å². The van der Waals surface area contributed by atoms with Crippen LogP contribution in [0.4, 0.5) is 0 Å². The Hall–Kier alpha value is -1.13. The summed E-state index contributed by atoms with van der Waals surface area (Å²) >= 11 is 1.70. The first-order valence-electron chi connectivity index (χ1n) is 4.50. The molecule has 0 saturated carbocycles. The van der Waals surface area contributed by atoms with Crippen LogP contribution in [0.1, 0.15) is 11.5 Å². The number of aromatic nitrogens is 2. The van der Waals surface area contributed by atoms with E-state index < -0.39 is 0 Å². The van der Waals surface area contributed by atoms with Gasteiger partial charge in [-0.1, -0.05) is 6.07 Å². The summed E-state index contributed by atoms with van der Waals surface area (Å²) in [6.45, 7) is 2.53. The summed E-state index contributed by atoms with van der Waals surface area (Å²) in [5.41, 5.74) is 7.85. The van der Waals surface area contributed by atoms with Gasteiger partial charge in [0.05, 0.1) is 10.6 Å². The Labute approximate surface area is 87.2 Å². The van der Waals surface area contributed by atoms with E-state index in [1.807, 2.05) is 20.0 Å². The Morgan fingerprint density at radius 3 is 2.93 bits per heavy atom. The van der Waals surface area contributed by atoms with Crippen molar-refractivity contribution in [2.45, 2.75) is 13.5 Å². The van der Waals surface area contributed by atoms with Crippen molar-refractivity contribution in [3.63, 3.8) is 0 Å². The molecule has 0 atom stereocenters. The lowest BCUT2D eigenvalue weighted by Crippen LogP contribution is -2.05. The van der Waals surface area contributed by atoms with Gasteiger partial charge < -0.3 is 10.3 Å². The van der Waals surface area contributed by atoms with E-state index in [1.54, 1.807) is 11.3 Å². The maximum Gasteiger partial charge on any atom is 0.106 e. The zero-order valence-corrected chi connectivity index (χ0v) is 9.14. The molecule has 0 saturated heterocycles. The van der Waals surface area contributed by atoms with Crippen LogP contribution < -0.4 is 5.73 Å². The molecule has 0 aliphatic carbocycles. The van der Waals surface area contributed by atoms with E-state index in [-0.39, 0.29) is 0 Å². The first-order valence-corrected chi connectivity index (χ1v) is 5.38. The van der Waals surface area contributed by atoms with Crippen molar-refractivity contribution in [1.82, 2.24) is 9.55 Å². The molecule has 0 amide bonds. The van der Waals surface area contributed by atoms with Crippen LogP contribution in [0.15, 0.2) is 17.5 Å². The Morgan fingerprint density at radius 2 is 2.36 bits per heavy atom. The third kappa shape index (κ3) is 1.36. The fourth-order valence-corrected chi connectivity index (χ4v) is 2.24. The zero-order valence-electron chi connectivity index (χ0n) is 8.32. The summed E-state index contributed by atoms with van der Waals surface area (Å²) in [6.07, 6.45) is 0. The molecule has 74 valence electrons. The van der Waals surface area contributed by atoms with Crippen LogP contribution in [0, 0.1) is 6.92 Å². The minimum Gasteiger partial charge on any atom is -0.334 e. The maximum absolute atomic E-state index is 5.71. The van der Waals surface area contributed by atoms with E-state index in [0.717, 1.165) is 17.2 Å². The van der Waals surface area contributed by atoms with Gasteiger partial charge in [-0.2, -0.15) is 0 Å². The molecule has 2 aromatic heterocycles. The fraction of sp³-hybridized carbons (Fsp3) is 0.300. The fourth-order valence-electron chi connectivity index (χ4n) is 1.50. The van der Waals surface area contributed by atoms with Crippen LogP contribution in [0.25, 0.3) is 10.6 Å². The highest BCUT2D eigenvalue weighted by Gasteiger charge is 2.12. The molecule has 0 fully saturated rings. The number of imidazole rings is 1. The van der Waals surface area contributed by atoms with Gasteiger partial charge in [-0.15, -0.1) is 11.3 Å². The molecule has 3 nitrogen and oxygen atoms in total. The molecule has 2 N–H and O–H groups in total. The Balaban J connectivity index is 2.59. The minimum atomic E-state index is 0.532. The van der Waals surface area contributed by atoms with Gasteiger partial charge in [-0.3, -0.25) is 0 Å².